The summed E-state index contributed by atoms with van der Waals surface area (Å²) in [7, 11) is 3.31. The number of hydrogen-bond donors (Lipinski definition) is 0. The van der Waals surface area contributed by atoms with Crippen molar-refractivity contribution >= 4 is 5.91 Å². The lowest BCUT2D eigenvalue weighted by molar-refractivity contribution is 0.0611. The Morgan fingerprint density at radius 3 is 2.54 bits per heavy atom. The molecule has 2 heterocycles. The van der Waals surface area contributed by atoms with E-state index in [2.05, 4.69) is 9.97 Å². The third-order valence-electron chi connectivity index (χ3n) is 4.26. The number of ether oxygens (including phenoxy) is 2. The van der Waals surface area contributed by atoms with Crippen molar-refractivity contribution in [1.82, 2.24) is 14.9 Å². The molecule has 0 aliphatic carbocycles. The average Bonchev–Trinajstić information content (AvgIpc) is 3.05. The number of amides is 1. The molecule has 0 radical (unpaired) electrons. The normalized spacial score (nSPS) is 20.3. The van der Waals surface area contributed by atoms with Crippen LogP contribution in [0.1, 0.15) is 16.8 Å². The van der Waals surface area contributed by atoms with Gasteiger partial charge < -0.3 is 14.4 Å². The summed E-state index contributed by atoms with van der Waals surface area (Å²) in [4.78, 5) is 23.2. The van der Waals surface area contributed by atoms with Crippen LogP contribution in [-0.4, -0.2) is 60.3 Å². The number of carbonyl (C=O) groups is 1. The van der Waals surface area contributed by atoms with Crippen LogP contribution >= 0.6 is 0 Å². The van der Waals surface area contributed by atoms with Gasteiger partial charge in [0.05, 0.1) is 24.3 Å². The molecule has 3 rings (SSSR count). The Kier molecular flexibility index (Phi) is 5.17. The Morgan fingerprint density at radius 1 is 1.21 bits per heavy atom. The first-order chi connectivity index (χ1) is 11.7. The summed E-state index contributed by atoms with van der Waals surface area (Å²) in [6.07, 6.45) is 3.99. The molecule has 0 spiro atoms. The van der Waals surface area contributed by atoms with Crippen LogP contribution in [0, 0.1) is 0 Å². The maximum absolute atomic E-state index is 12.8. The molecule has 0 bridgehead atoms. The van der Waals surface area contributed by atoms with E-state index in [0.717, 1.165) is 12.0 Å². The molecule has 6 nitrogen and oxygen atoms in total. The molecule has 1 aliphatic heterocycles. The lowest BCUT2D eigenvalue weighted by atomic mass is 10.2. The molecule has 6 heteroatoms. The summed E-state index contributed by atoms with van der Waals surface area (Å²) < 4.78 is 10.6. The van der Waals surface area contributed by atoms with Gasteiger partial charge in [-0.3, -0.25) is 4.79 Å². The maximum atomic E-state index is 12.8. The number of hydrogen-bond acceptors (Lipinski definition) is 5. The minimum Gasteiger partial charge on any atom is -0.383 e. The van der Waals surface area contributed by atoms with E-state index in [1.807, 2.05) is 30.3 Å². The van der Waals surface area contributed by atoms with Gasteiger partial charge in [0.25, 0.3) is 5.91 Å². The molecule has 1 aliphatic rings. The quantitative estimate of drug-likeness (QED) is 0.840. The molecule has 24 heavy (non-hydrogen) atoms. The van der Waals surface area contributed by atoms with Gasteiger partial charge >= 0.3 is 0 Å². The Balaban J connectivity index is 1.77. The predicted molar refractivity (Wildman–Crippen MR) is 89.6 cm³/mol. The predicted octanol–water partition coefficient (Wildman–Crippen LogP) is 2.02. The first kappa shape index (κ1) is 16.5. The second-order valence-electron chi connectivity index (χ2n) is 5.82. The van der Waals surface area contributed by atoms with E-state index in [4.69, 9.17) is 9.47 Å². The SMILES string of the molecule is COC[C@@H]1C[C@@H](OC)CN1C(=O)c1cnc(-c2ccccc2)nc1. The van der Waals surface area contributed by atoms with Gasteiger partial charge in [-0.25, -0.2) is 9.97 Å². The van der Waals surface area contributed by atoms with Crippen LogP contribution in [-0.2, 0) is 9.47 Å². The van der Waals surface area contributed by atoms with Gasteiger partial charge in [0.1, 0.15) is 0 Å². The molecule has 1 saturated heterocycles. The fourth-order valence-electron chi connectivity index (χ4n) is 2.98. The second-order valence-corrected chi connectivity index (χ2v) is 5.82. The summed E-state index contributed by atoms with van der Waals surface area (Å²) in [6, 6.07) is 9.70. The van der Waals surface area contributed by atoms with E-state index in [9.17, 15) is 4.79 Å². The summed E-state index contributed by atoms with van der Waals surface area (Å²) in [6.45, 7) is 1.05. The third kappa shape index (κ3) is 3.44. The van der Waals surface area contributed by atoms with Gasteiger partial charge in [-0.15, -0.1) is 0 Å². The van der Waals surface area contributed by atoms with Crippen LogP contribution in [0.2, 0.25) is 0 Å². The fourth-order valence-corrected chi connectivity index (χ4v) is 2.98. The summed E-state index contributed by atoms with van der Waals surface area (Å²) >= 11 is 0. The maximum Gasteiger partial charge on any atom is 0.257 e. The number of likely N-dealkylation sites (tertiary alicyclic amines) is 1. The van der Waals surface area contributed by atoms with Crippen LogP contribution < -0.4 is 0 Å². The molecule has 1 amide bonds. The van der Waals surface area contributed by atoms with Gasteiger partial charge in [-0.05, 0) is 6.42 Å². The van der Waals surface area contributed by atoms with Crippen molar-refractivity contribution in [3.8, 4) is 11.4 Å². The standard InChI is InChI=1S/C18H21N3O3/c1-23-12-15-8-16(24-2)11-21(15)18(22)14-9-19-17(20-10-14)13-6-4-3-5-7-13/h3-7,9-10,15-16H,8,11-12H2,1-2H3/t15-,16+/m0/s1. The zero-order chi connectivity index (χ0) is 16.9. The van der Waals surface area contributed by atoms with E-state index in [0.29, 0.717) is 24.5 Å². The number of methoxy groups -OCH3 is 2. The molecular formula is C18H21N3O3. The molecule has 1 aromatic heterocycles. The lowest BCUT2D eigenvalue weighted by Crippen LogP contribution is -2.38. The molecule has 2 aromatic rings. The minimum atomic E-state index is -0.0868. The zero-order valence-electron chi connectivity index (χ0n) is 13.9. The number of carbonyl (C=O) groups excluding carboxylic acids is 1. The average molecular weight is 327 g/mol. The summed E-state index contributed by atoms with van der Waals surface area (Å²) in [5.41, 5.74) is 1.40. The zero-order valence-corrected chi connectivity index (χ0v) is 13.9. The van der Waals surface area contributed by atoms with Crippen molar-refractivity contribution in [2.75, 3.05) is 27.4 Å². The molecule has 0 saturated carbocycles. The van der Waals surface area contributed by atoms with E-state index in [1.54, 1.807) is 31.5 Å². The van der Waals surface area contributed by atoms with Crippen LogP contribution in [0.3, 0.4) is 0 Å². The molecule has 0 N–H and O–H groups in total. The van der Waals surface area contributed by atoms with Gasteiger partial charge in [0.15, 0.2) is 5.82 Å². The Morgan fingerprint density at radius 2 is 1.92 bits per heavy atom. The highest BCUT2D eigenvalue weighted by Gasteiger charge is 2.35. The smallest absolute Gasteiger partial charge is 0.257 e. The van der Waals surface area contributed by atoms with Crippen molar-refractivity contribution in [2.45, 2.75) is 18.6 Å². The molecule has 2 atom stereocenters. The molecule has 1 aromatic carbocycles. The number of benzene rings is 1. The van der Waals surface area contributed by atoms with Crippen LogP contribution in [0.5, 0.6) is 0 Å². The van der Waals surface area contributed by atoms with Crippen molar-refractivity contribution in [1.29, 1.82) is 0 Å². The van der Waals surface area contributed by atoms with Crippen LogP contribution in [0.15, 0.2) is 42.7 Å². The monoisotopic (exact) mass is 327 g/mol. The number of nitrogens with zero attached hydrogens (tertiary/aromatic N) is 3. The van der Waals surface area contributed by atoms with E-state index >= 15 is 0 Å². The largest absolute Gasteiger partial charge is 0.383 e. The van der Waals surface area contributed by atoms with Gasteiger partial charge in [-0.1, -0.05) is 30.3 Å². The summed E-state index contributed by atoms with van der Waals surface area (Å²) in [5, 5.41) is 0. The molecule has 1 fully saturated rings. The third-order valence-corrected chi connectivity index (χ3v) is 4.26. The van der Waals surface area contributed by atoms with Crippen molar-refractivity contribution < 1.29 is 14.3 Å². The molecule has 126 valence electrons. The molecule has 0 unspecified atom stereocenters. The first-order valence-corrected chi connectivity index (χ1v) is 7.93. The van der Waals surface area contributed by atoms with Crippen molar-refractivity contribution in [3.05, 3.63) is 48.3 Å². The number of rotatable bonds is 5. The second kappa shape index (κ2) is 7.51. The van der Waals surface area contributed by atoms with E-state index in [1.165, 1.54) is 0 Å². The Hall–Kier alpha value is -2.31. The van der Waals surface area contributed by atoms with Gasteiger partial charge in [0.2, 0.25) is 0 Å². The topological polar surface area (TPSA) is 64.6 Å². The Bertz CT molecular complexity index is 676. The van der Waals surface area contributed by atoms with E-state index in [-0.39, 0.29) is 18.1 Å². The highest BCUT2D eigenvalue weighted by atomic mass is 16.5. The van der Waals surface area contributed by atoms with Crippen LogP contribution in [0.4, 0.5) is 0 Å². The van der Waals surface area contributed by atoms with Gasteiger partial charge in [0, 0.05) is 38.7 Å². The Labute approximate surface area is 141 Å². The molecular weight excluding hydrogens is 306 g/mol. The van der Waals surface area contributed by atoms with Crippen molar-refractivity contribution in [2.24, 2.45) is 0 Å². The summed E-state index contributed by atoms with van der Waals surface area (Å²) in [5.74, 6) is 0.521. The minimum absolute atomic E-state index is 0.0150. The van der Waals surface area contributed by atoms with Gasteiger partial charge in [-0.2, -0.15) is 0 Å². The fraction of sp³-hybridized carbons (Fsp3) is 0.389. The van der Waals surface area contributed by atoms with Crippen LogP contribution in [0.25, 0.3) is 11.4 Å². The number of aromatic nitrogens is 2. The van der Waals surface area contributed by atoms with E-state index < -0.39 is 0 Å². The lowest BCUT2D eigenvalue weighted by Gasteiger charge is -2.23. The first-order valence-electron chi connectivity index (χ1n) is 7.93. The highest BCUT2D eigenvalue weighted by Crippen LogP contribution is 2.23. The highest BCUT2D eigenvalue weighted by molar-refractivity contribution is 5.94. The van der Waals surface area contributed by atoms with Crippen molar-refractivity contribution in [3.63, 3.8) is 0 Å².